The Kier molecular flexibility index (Phi) is 5.01. The third kappa shape index (κ3) is 4.33. The van der Waals surface area contributed by atoms with E-state index in [2.05, 4.69) is 14.7 Å². The Hall–Kier alpha value is -2.75. The van der Waals surface area contributed by atoms with Crippen molar-refractivity contribution in [2.45, 2.75) is 17.5 Å². The molecule has 0 spiro atoms. The Morgan fingerprint density at radius 3 is 2.33 bits per heavy atom. The molecule has 0 aliphatic heterocycles. The van der Waals surface area contributed by atoms with Crippen LogP contribution in [0.2, 0.25) is 0 Å². The van der Waals surface area contributed by atoms with Crippen LogP contribution in [-0.2, 0) is 22.4 Å². The minimum Gasteiger partial charge on any atom is -0.329 e. The molecule has 142 valence electrons. The molecule has 0 aliphatic carbocycles. The fraction of sp³-hybridized carbons (Fsp3) is 0.176. The van der Waals surface area contributed by atoms with Gasteiger partial charge in [0.1, 0.15) is 5.82 Å². The van der Waals surface area contributed by atoms with Crippen molar-refractivity contribution < 1.29 is 30.5 Å². The molecular weight excluding hydrogens is 388 g/mol. The highest BCUT2D eigenvalue weighted by molar-refractivity contribution is 7.91. The van der Waals surface area contributed by atoms with Crippen LogP contribution < -0.4 is 0 Å². The largest absolute Gasteiger partial charge is 0.471 e. The van der Waals surface area contributed by atoms with E-state index in [0.717, 1.165) is 6.07 Å². The zero-order chi connectivity index (χ0) is 19.7. The second-order valence-electron chi connectivity index (χ2n) is 5.62. The van der Waals surface area contributed by atoms with Crippen molar-refractivity contribution in [3.63, 3.8) is 0 Å². The van der Waals surface area contributed by atoms with E-state index in [9.17, 15) is 26.0 Å². The molecule has 0 N–H and O–H groups in total. The highest BCUT2D eigenvalue weighted by Gasteiger charge is 2.38. The molecule has 2 aromatic carbocycles. The molecule has 0 unspecified atom stereocenters. The predicted molar refractivity (Wildman–Crippen MR) is 86.9 cm³/mol. The molecule has 0 fully saturated rings. The summed E-state index contributed by atoms with van der Waals surface area (Å²) in [5.74, 6) is -3.23. The fourth-order valence-corrected chi connectivity index (χ4v) is 3.65. The van der Waals surface area contributed by atoms with E-state index in [1.807, 2.05) is 0 Å². The van der Waals surface area contributed by atoms with Crippen molar-refractivity contribution in [3.8, 4) is 11.4 Å². The minimum atomic E-state index is -4.83. The summed E-state index contributed by atoms with van der Waals surface area (Å²) in [7, 11) is -3.53. The van der Waals surface area contributed by atoms with Gasteiger partial charge in [0.15, 0.2) is 9.84 Å². The zero-order valence-corrected chi connectivity index (χ0v) is 14.4. The van der Waals surface area contributed by atoms with Crippen LogP contribution in [0.3, 0.4) is 0 Å². The van der Waals surface area contributed by atoms with Crippen molar-refractivity contribution in [3.05, 3.63) is 65.8 Å². The summed E-state index contributed by atoms with van der Waals surface area (Å²) in [4.78, 5) is 3.29. The molecule has 0 amide bonds. The number of nitrogens with zero attached hydrogens (tertiary/aromatic N) is 2. The van der Waals surface area contributed by atoms with Gasteiger partial charge in [0.2, 0.25) is 5.82 Å². The fourth-order valence-electron chi connectivity index (χ4n) is 2.34. The standard InChI is InChI=1S/C17H12F4N2O3S/c18-14-10-11(8-9-27(24,25)12-4-2-1-3-5-12)6-7-13(14)15-22-16(26-23-15)17(19,20)21/h1-7,10H,8-9H2. The Labute approximate surface area is 151 Å². The topological polar surface area (TPSA) is 73.1 Å². The average Bonchev–Trinajstić information content (AvgIpc) is 3.11. The maximum atomic E-state index is 14.2. The molecule has 5 nitrogen and oxygen atoms in total. The number of hydrogen-bond donors (Lipinski definition) is 0. The first-order chi connectivity index (χ1) is 12.7. The van der Waals surface area contributed by atoms with Crippen LogP contribution in [0.5, 0.6) is 0 Å². The second-order valence-corrected chi connectivity index (χ2v) is 7.73. The number of aromatic nitrogens is 2. The highest BCUT2D eigenvalue weighted by atomic mass is 32.2. The molecule has 0 atom stereocenters. The highest BCUT2D eigenvalue weighted by Crippen LogP contribution is 2.30. The lowest BCUT2D eigenvalue weighted by molar-refractivity contribution is -0.159. The molecule has 27 heavy (non-hydrogen) atoms. The Balaban J connectivity index is 1.76. The Morgan fingerprint density at radius 2 is 1.74 bits per heavy atom. The SMILES string of the molecule is O=S(=O)(CCc1ccc(-c2noc(C(F)(F)F)n2)c(F)c1)c1ccccc1. The quantitative estimate of drug-likeness (QED) is 0.607. The van der Waals surface area contributed by atoms with E-state index in [1.165, 1.54) is 24.3 Å². The average molecular weight is 400 g/mol. The molecule has 1 aromatic heterocycles. The van der Waals surface area contributed by atoms with Crippen LogP contribution in [0, 0.1) is 5.82 Å². The van der Waals surface area contributed by atoms with Gasteiger partial charge in [-0.05, 0) is 36.2 Å². The van der Waals surface area contributed by atoms with Crippen molar-refractivity contribution in [2.75, 3.05) is 5.75 Å². The molecule has 0 saturated heterocycles. The Bertz CT molecular complexity index is 1050. The van der Waals surface area contributed by atoms with Gasteiger partial charge < -0.3 is 4.52 Å². The van der Waals surface area contributed by atoms with Crippen LogP contribution in [-0.4, -0.2) is 24.3 Å². The third-order valence-corrected chi connectivity index (χ3v) is 5.44. The third-order valence-electron chi connectivity index (χ3n) is 3.70. The molecule has 0 saturated carbocycles. The van der Waals surface area contributed by atoms with E-state index in [-0.39, 0.29) is 22.6 Å². The molecular formula is C17H12F4N2O3S. The number of benzene rings is 2. The lowest BCUT2D eigenvalue weighted by atomic mass is 10.1. The van der Waals surface area contributed by atoms with Gasteiger partial charge in [0.05, 0.1) is 16.2 Å². The number of aryl methyl sites for hydroxylation is 1. The summed E-state index contributed by atoms with van der Waals surface area (Å²) in [6.07, 6.45) is -4.79. The molecule has 0 aliphatic rings. The maximum Gasteiger partial charge on any atom is 0.471 e. The zero-order valence-electron chi connectivity index (χ0n) is 13.6. The van der Waals surface area contributed by atoms with Crippen LogP contribution in [0.4, 0.5) is 17.6 Å². The molecule has 0 bridgehead atoms. The molecule has 0 radical (unpaired) electrons. The van der Waals surface area contributed by atoms with Crippen LogP contribution >= 0.6 is 0 Å². The number of halogens is 4. The molecule has 10 heteroatoms. The van der Waals surface area contributed by atoms with Gasteiger partial charge in [-0.15, -0.1) is 0 Å². The normalized spacial score (nSPS) is 12.3. The van der Waals surface area contributed by atoms with Gasteiger partial charge >= 0.3 is 12.1 Å². The number of rotatable bonds is 5. The lowest BCUT2D eigenvalue weighted by Crippen LogP contribution is -2.09. The summed E-state index contributed by atoms with van der Waals surface area (Å²) in [6, 6.07) is 11.5. The van der Waals surface area contributed by atoms with Gasteiger partial charge in [-0.1, -0.05) is 29.4 Å². The number of sulfone groups is 1. The summed E-state index contributed by atoms with van der Waals surface area (Å²) >= 11 is 0. The van der Waals surface area contributed by atoms with E-state index < -0.39 is 33.5 Å². The number of hydrogen-bond acceptors (Lipinski definition) is 5. The second kappa shape index (κ2) is 7.10. The lowest BCUT2D eigenvalue weighted by Gasteiger charge is -2.06. The summed E-state index contributed by atoms with van der Waals surface area (Å²) in [5, 5.41) is 3.13. The summed E-state index contributed by atoms with van der Waals surface area (Å²) < 4.78 is 80.3. The van der Waals surface area contributed by atoms with Gasteiger partial charge in [-0.2, -0.15) is 18.2 Å². The molecule has 1 heterocycles. The maximum absolute atomic E-state index is 14.2. The van der Waals surface area contributed by atoms with Gasteiger partial charge in [-0.25, -0.2) is 12.8 Å². The first kappa shape index (κ1) is 19.0. The van der Waals surface area contributed by atoms with E-state index in [0.29, 0.717) is 5.56 Å². The first-order valence-corrected chi connectivity index (χ1v) is 9.29. The van der Waals surface area contributed by atoms with Crippen molar-refractivity contribution >= 4 is 9.84 Å². The summed E-state index contributed by atoms with van der Waals surface area (Å²) in [6.45, 7) is 0. The Morgan fingerprint density at radius 1 is 1.04 bits per heavy atom. The van der Waals surface area contributed by atoms with E-state index in [4.69, 9.17) is 0 Å². The predicted octanol–water partition coefficient (Wildman–Crippen LogP) is 3.91. The van der Waals surface area contributed by atoms with Crippen molar-refractivity contribution in [2.24, 2.45) is 0 Å². The van der Waals surface area contributed by atoms with Crippen molar-refractivity contribution in [1.29, 1.82) is 0 Å². The minimum absolute atomic E-state index is 0.0362. The first-order valence-electron chi connectivity index (χ1n) is 7.64. The number of alkyl halides is 3. The van der Waals surface area contributed by atoms with Crippen LogP contribution in [0.25, 0.3) is 11.4 Å². The molecule has 3 aromatic rings. The molecule has 3 rings (SSSR count). The van der Waals surface area contributed by atoms with Gasteiger partial charge in [0, 0.05) is 0 Å². The van der Waals surface area contributed by atoms with E-state index >= 15 is 0 Å². The van der Waals surface area contributed by atoms with Gasteiger partial charge in [0.25, 0.3) is 0 Å². The summed E-state index contributed by atoms with van der Waals surface area (Å²) in [5.41, 5.74) is 0.0965. The van der Waals surface area contributed by atoms with Crippen LogP contribution in [0.1, 0.15) is 11.5 Å². The van der Waals surface area contributed by atoms with E-state index in [1.54, 1.807) is 18.2 Å². The monoisotopic (exact) mass is 400 g/mol. The van der Waals surface area contributed by atoms with Crippen LogP contribution in [0.15, 0.2) is 57.9 Å². The van der Waals surface area contributed by atoms with Gasteiger partial charge in [-0.3, -0.25) is 0 Å². The van der Waals surface area contributed by atoms with Crippen molar-refractivity contribution in [1.82, 2.24) is 10.1 Å². The smallest absolute Gasteiger partial charge is 0.329 e.